The van der Waals surface area contributed by atoms with Gasteiger partial charge in [0.25, 0.3) is 5.91 Å². The normalized spacial score (nSPS) is 21.0. The lowest BCUT2D eigenvalue weighted by Crippen LogP contribution is -2.55. The summed E-state index contributed by atoms with van der Waals surface area (Å²) < 4.78 is 61.7. The van der Waals surface area contributed by atoms with Gasteiger partial charge >= 0.3 is 6.18 Å². The number of hydrogen-bond donors (Lipinski definition) is 1. The van der Waals surface area contributed by atoms with E-state index in [0.717, 1.165) is 21.9 Å². The number of ether oxygens (including phenoxy) is 1. The zero-order chi connectivity index (χ0) is 25.1. The van der Waals surface area contributed by atoms with Crippen molar-refractivity contribution in [3.8, 4) is 11.8 Å². The van der Waals surface area contributed by atoms with Crippen LogP contribution in [0.15, 0.2) is 35.2 Å². The number of nitrogens with zero attached hydrogens (tertiary/aromatic N) is 3. The van der Waals surface area contributed by atoms with Gasteiger partial charge in [-0.15, -0.1) is 11.8 Å². The highest BCUT2D eigenvalue weighted by Gasteiger charge is 2.60. The average Bonchev–Trinajstić information content (AvgIpc) is 3.04. The average molecular weight is 524 g/mol. The second-order valence-corrected chi connectivity index (χ2v) is 9.87. The smallest absolute Gasteiger partial charge is 0.420 e. The first-order valence-electron chi connectivity index (χ1n) is 10.7. The lowest BCUT2D eigenvalue weighted by molar-refractivity contribution is -0.140. The van der Waals surface area contributed by atoms with Gasteiger partial charge in [-0.25, -0.2) is 4.39 Å². The number of benzene rings is 2. The molecule has 0 unspecified atom stereocenters. The van der Waals surface area contributed by atoms with E-state index in [1.165, 1.54) is 17.8 Å². The first kappa shape index (κ1) is 23.8. The van der Waals surface area contributed by atoms with Crippen molar-refractivity contribution in [3.05, 3.63) is 47.3 Å². The van der Waals surface area contributed by atoms with E-state index >= 15 is 4.39 Å². The van der Waals surface area contributed by atoms with E-state index < -0.39 is 40.3 Å². The Morgan fingerprint density at radius 1 is 1.29 bits per heavy atom. The molecule has 0 bridgehead atoms. The van der Waals surface area contributed by atoms with Crippen LogP contribution < -0.4 is 14.5 Å². The maximum atomic E-state index is 15.2. The van der Waals surface area contributed by atoms with Crippen molar-refractivity contribution in [3.63, 3.8) is 0 Å². The minimum atomic E-state index is -5.13. The topological polar surface area (TPSA) is 76.8 Å². The third kappa shape index (κ3) is 3.56. The summed E-state index contributed by atoms with van der Waals surface area (Å²) in [5.74, 6) is -1.24. The van der Waals surface area contributed by atoms with E-state index in [4.69, 9.17) is 22.2 Å². The zero-order valence-corrected chi connectivity index (χ0v) is 19.6. The van der Waals surface area contributed by atoms with E-state index in [9.17, 15) is 23.1 Å². The molecule has 1 N–H and O–H groups in total. The highest BCUT2D eigenvalue weighted by Crippen LogP contribution is 2.50. The first-order chi connectivity index (χ1) is 16.6. The molecule has 2 aliphatic heterocycles. The standard InChI is InChI=1S/C23H17F4N3O3S2/c24-19-15(4-2-12(9-28)18(19)23(25,26)27)29-20(32)22(6-1-7-22)30(21(29)34)13-3-5-16-17(8-13)35-11-14(10-31)33-16/h2-5,8,14,31H,1,6-7,10-11H2/t14-/m1/s1. The molecule has 1 aliphatic carbocycles. The molecular formula is C23H17F4N3O3S2. The molecule has 2 aromatic rings. The molecule has 1 saturated carbocycles. The second kappa shape index (κ2) is 8.36. The molecule has 1 saturated heterocycles. The fraction of sp³-hybridized carbons (Fsp3) is 0.348. The van der Waals surface area contributed by atoms with Crippen LogP contribution in [0, 0.1) is 17.1 Å². The summed E-state index contributed by atoms with van der Waals surface area (Å²) in [5, 5.41) is 18.3. The first-order valence-corrected chi connectivity index (χ1v) is 12.0. The number of alkyl halides is 3. The number of rotatable bonds is 3. The molecule has 3 aliphatic rings. The molecule has 1 atom stereocenters. The number of halogens is 4. The van der Waals surface area contributed by atoms with Gasteiger partial charge < -0.3 is 14.7 Å². The van der Waals surface area contributed by atoms with Crippen LogP contribution in [-0.4, -0.2) is 40.1 Å². The van der Waals surface area contributed by atoms with Gasteiger partial charge in [-0.2, -0.15) is 18.4 Å². The molecule has 1 spiro atoms. The highest BCUT2D eigenvalue weighted by atomic mass is 32.2. The minimum absolute atomic E-state index is 0.132. The molecule has 2 fully saturated rings. The number of nitriles is 1. The number of amides is 1. The van der Waals surface area contributed by atoms with Gasteiger partial charge in [-0.3, -0.25) is 9.69 Å². The van der Waals surface area contributed by atoms with Crippen molar-refractivity contribution in [1.29, 1.82) is 5.26 Å². The van der Waals surface area contributed by atoms with Crippen molar-refractivity contribution in [2.45, 2.75) is 42.0 Å². The van der Waals surface area contributed by atoms with Crippen molar-refractivity contribution in [1.82, 2.24) is 0 Å². The molecule has 0 aromatic heterocycles. The predicted molar refractivity (Wildman–Crippen MR) is 124 cm³/mol. The Labute approximate surface area is 207 Å². The van der Waals surface area contributed by atoms with Gasteiger partial charge in [0, 0.05) is 11.4 Å². The van der Waals surface area contributed by atoms with Crippen LogP contribution in [0.1, 0.15) is 30.4 Å². The van der Waals surface area contributed by atoms with Gasteiger partial charge in [-0.1, -0.05) is 0 Å². The summed E-state index contributed by atoms with van der Waals surface area (Å²) in [6.07, 6.45) is -3.97. The van der Waals surface area contributed by atoms with Crippen molar-refractivity contribution in [2.24, 2.45) is 0 Å². The van der Waals surface area contributed by atoms with Gasteiger partial charge in [0.2, 0.25) is 0 Å². The molecule has 6 nitrogen and oxygen atoms in total. The summed E-state index contributed by atoms with van der Waals surface area (Å²) >= 11 is 7.01. The number of aliphatic hydroxyl groups is 1. The van der Waals surface area contributed by atoms with Crippen LogP contribution in [0.2, 0.25) is 0 Å². The van der Waals surface area contributed by atoms with Crippen molar-refractivity contribution >= 4 is 46.4 Å². The van der Waals surface area contributed by atoms with Crippen LogP contribution in [0.3, 0.4) is 0 Å². The molecule has 35 heavy (non-hydrogen) atoms. The molecule has 2 aromatic carbocycles. The van der Waals surface area contributed by atoms with Crippen LogP contribution in [0.25, 0.3) is 0 Å². The summed E-state index contributed by atoms with van der Waals surface area (Å²) in [7, 11) is 0. The largest absolute Gasteiger partial charge is 0.486 e. The monoisotopic (exact) mass is 523 g/mol. The number of aliphatic hydroxyl groups excluding tert-OH is 1. The number of anilines is 2. The maximum absolute atomic E-state index is 15.2. The van der Waals surface area contributed by atoms with Gasteiger partial charge in [-0.05, 0) is 61.8 Å². The number of fused-ring (bicyclic) bond motifs is 1. The Balaban J connectivity index is 1.59. The summed E-state index contributed by atoms with van der Waals surface area (Å²) in [5.41, 5.74) is -3.83. The van der Waals surface area contributed by atoms with Gasteiger partial charge in [0.15, 0.2) is 10.9 Å². The van der Waals surface area contributed by atoms with Crippen LogP contribution in [0.5, 0.6) is 5.75 Å². The van der Waals surface area contributed by atoms with Gasteiger partial charge in [0.05, 0.1) is 28.8 Å². The summed E-state index contributed by atoms with van der Waals surface area (Å²) in [6.45, 7) is -0.132. The molecule has 12 heteroatoms. The van der Waals surface area contributed by atoms with E-state index in [2.05, 4.69) is 0 Å². The summed E-state index contributed by atoms with van der Waals surface area (Å²) in [6, 6.07) is 8.32. The number of thioether (sulfide) groups is 1. The summed E-state index contributed by atoms with van der Waals surface area (Å²) in [4.78, 5) is 16.7. The third-order valence-corrected chi connectivity index (χ3v) is 8.00. The van der Waals surface area contributed by atoms with E-state index in [1.54, 1.807) is 23.1 Å². The van der Waals surface area contributed by atoms with Crippen molar-refractivity contribution in [2.75, 3.05) is 22.2 Å². The lowest BCUT2D eigenvalue weighted by Gasteiger charge is -2.43. The van der Waals surface area contributed by atoms with Crippen LogP contribution in [-0.2, 0) is 11.0 Å². The Morgan fingerprint density at radius 2 is 2.03 bits per heavy atom. The molecule has 2 heterocycles. The molecule has 5 rings (SSSR count). The fourth-order valence-corrected chi connectivity index (χ4v) is 6.10. The van der Waals surface area contributed by atoms with E-state index in [-0.39, 0.29) is 17.8 Å². The van der Waals surface area contributed by atoms with Crippen molar-refractivity contribution < 1.29 is 32.2 Å². The Kier molecular flexibility index (Phi) is 5.69. The Bertz CT molecular complexity index is 1290. The fourth-order valence-electron chi connectivity index (χ4n) is 4.63. The Hall–Kier alpha value is -2.88. The minimum Gasteiger partial charge on any atom is -0.486 e. The number of hydrogen-bond acceptors (Lipinski definition) is 6. The SMILES string of the molecule is N#Cc1ccc(N2C(=O)C3(CCC3)N(c3ccc4c(c3)SC[C@@H](CO)O4)C2=S)c(F)c1C(F)(F)F. The van der Waals surface area contributed by atoms with E-state index in [1.807, 2.05) is 0 Å². The lowest BCUT2D eigenvalue weighted by atomic mass is 9.75. The zero-order valence-electron chi connectivity index (χ0n) is 17.9. The molecular weight excluding hydrogens is 506 g/mol. The second-order valence-electron chi connectivity index (χ2n) is 8.44. The predicted octanol–water partition coefficient (Wildman–Crippen LogP) is 4.62. The quantitative estimate of drug-likeness (QED) is 0.465. The Morgan fingerprint density at radius 3 is 2.63 bits per heavy atom. The highest BCUT2D eigenvalue weighted by molar-refractivity contribution is 7.99. The van der Waals surface area contributed by atoms with E-state index in [0.29, 0.717) is 36.5 Å². The number of carbonyl (C=O) groups is 1. The molecule has 1 amide bonds. The maximum Gasteiger partial charge on any atom is 0.420 e. The van der Waals surface area contributed by atoms with Crippen LogP contribution in [0.4, 0.5) is 28.9 Å². The number of thiocarbonyl (C=S) groups is 1. The number of carbonyl (C=O) groups excluding carboxylic acids is 1. The molecule has 182 valence electrons. The van der Waals surface area contributed by atoms with Gasteiger partial charge in [0.1, 0.15) is 23.0 Å². The van der Waals surface area contributed by atoms with Crippen LogP contribution >= 0.6 is 24.0 Å². The molecule has 0 radical (unpaired) electrons. The third-order valence-electron chi connectivity index (χ3n) is 6.47.